The second-order valence-corrected chi connectivity index (χ2v) is 8.49. The van der Waals surface area contributed by atoms with Gasteiger partial charge in [0.1, 0.15) is 6.10 Å². The van der Waals surface area contributed by atoms with E-state index in [4.69, 9.17) is 4.74 Å². The van der Waals surface area contributed by atoms with Crippen LogP contribution >= 0.6 is 0 Å². The van der Waals surface area contributed by atoms with Crippen LogP contribution in [0.2, 0.25) is 0 Å². The maximum Gasteiger partial charge on any atom is 0.411 e. The first-order valence-corrected chi connectivity index (χ1v) is 11.1. The molecular formula is C27H28N2O2. The molecule has 1 amide bonds. The summed E-state index contributed by atoms with van der Waals surface area (Å²) in [7, 11) is 0. The molecule has 2 saturated heterocycles. The van der Waals surface area contributed by atoms with Crippen molar-refractivity contribution < 1.29 is 9.53 Å². The monoisotopic (exact) mass is 412 g/mol. The van der Waals surface area contributed by atoms with Crippen LogP contribution in [0.3, 0.4) is 0 Å². The molecule has 2 aliphatic rings. The Morgan fingerprint density at radius 3 is 1.87 bits per heavy atom. The zero-order valence-corrected chi connectivity index (χ0v) is 17.8. The zero-order valence-electron chi connectivity index (χ0n) is 17.8. The number of carbonyl (C=O) groups is 1. The summed E-state index contributed by atoms with van der Waals surface area (Å²) in [5, 5.41) is 0. The van der Waals surface area contributed by atoms with Gasteiger partial charge in [-0.2, -0.15) is 0 Å². The number of hydrogen-bond donors (Lipinski definition) is 0. The Bertz CT molecular complexity index is 970. The Labute approximate surface area is 184 Å². The third kappa shape index (κ3) is 3.84. The van der Waals surface area contributed by atoms with Gasteiger partial charge in [-0.1, -0.05) is 91.0 Å². The number of nitrogens with zero attached hydrogens (tertiary/aromatic N) is 2. The highest BCUT2D eigenvalue weighted by molar-refractivity contribution is 5.71. The van der Waals surface area contributed by atoms with Crippen LogP contribution in [0.25, 0.3) is 0 Å². The van der Waals surface area contributed by atoms with Gasteiger partial charge in [0.25, 0.3) is 0 Å². The molecule has 0 aromatic heterocycles. The third-order valence-corrected chi connectivity index (χ3v) is 6.67. The number of fused-ring (bicyclic) bond motifs is 1. The predicted octanol–water partition coefficient (Wildman–Crippen LogP) is 5.43. The van der Waals surface area contributed by atoms with Crippen LogP contribution in [-0.4, -0.2) is 41.1 Å². The zero-order chi connectivity index (χ0) is 21.2. The average molecular weight is 413 g/mol. The van der Waals surface area contributed by atoms with Crippen LogP contribution in [0.1, 0.15) is 42.1 Å². The van der Waals surface area contributed by atoms with E-state index < -0.39 is 0 Å². The number of carbonyl (C=O) groups excluding carboxylic acids is 1. The summed E-state index contributed by atoms with van der Waals surface area (Å²) < 4.78 is 5.92. The number of hydrogen-bond acceptors (Lipinski definition) is 3. The molecule has 0 saturated carbocycles. The van der Waals surface area contributed by atoms with E-state index in [-0.39, 0.29) is 30.3 Å². The topological polar surface area (TPSA) is 32.8 Å². The summed E-state index contributed by atoms with van der Waals surface area (Å²) in [6, 6.07) is 31.7. The van der Waals surface area contributed by atoms with Gasteiger partial charge in [-0.25, -0.2) is 4.79 Å². The number of amides is 1. The van der Waals surface area contributed by atoms with Crippen molar-refractivity contribution in [1.29, 1.82) is 0 Å². The van der Waals surface area contributed by atoms with Crippen LogP contribution in [0.5, 0.6) is 0 Å². The smallest absolute Gasteiger partial charge is 0.411 e. The van der Waals surface area contributed by atoms with Crippen LogP contribution in [0.15, 0.2) is 91.0 Å². The van der Waals surface area contributed by atoms with E-state index in [1.54, 1.807) is 0 Å². The van der Waals surface area contributed by atoms with Gasteiger partial charge in [-0.15, -0.1) is 0 Å². The quantitative estimate of drug-likeness (QED) is 0.560. The molecule has 2 aliphatic heterocycles. The summed E-state index contributed by atoms with van der Waals surface area (Å²) in [4.78, 5) is 17.3. The normalized spacial score (nSPS) is 22.3. The number of piperidine rings is 1. The van der Waals surface area contributed by atoms with Crippen molar-refractivity contribution in [2.24, 2.45) is 0 Å². The SMILES string of the molecule is CC(c1ccccc1)N1C(=O)O[C@H]2CN(C(c3ccccc3)c3ccccc3)CC[C@@H]21. The van der Waals surface area contributed by atoms with Gasteiger partial charge in [0.2, 0.25) is 0 Å². The molecule has 0 radical (unpaired) electrons. The minimum atomic E-state index is -0.191. The van der Waals surface area contributed by atoms with Gasteiger partial charge < -0.3 is 4.74 Å². The van der Waals surface area contributed by atoms with Gasteiger partial charge in [0, 0.05) is 13.1 Å². The Hall–Kier alpha value is -3.11. The maximum absolute atomic E-state index is 12.9. The van der Waals surface area contributed by atoms with Crippen LogP contribution in [0.4, 0.5) is 4.79 Å². The summed E-state index contributed by atoms with van der Waals surface area (Å²) >= 11 is 0. The lowest BCUT2D eigenvalue weighted by atomic mass is 9.92. The van der Waals surface area contributed by atoms with Crippen molar-refractivity contribution in [3.05, 3.63) is 108 Å². The van der Waals surface area contributed by atoms with Crippen molar-refractivity contribution >= 4 is 6.09 Å². The lowest BCUT2D eigenvalue weighted by molar-refractivity contribution is 0.0492. The number of rotatable bonds is 5. The average Bonchev–Trinajstić information content (AvgIpc) is 3.16. The Kier molecular flexibility index (Phi) is 5.47. The summed E-state index contributed by atoms with van der Waals surface area (Å²) in [6.45, 7) is 3.76. The molecule has 2 heterocycles. The molecule has 5 rings (SSSR count). The molecule has 0 aliphatic carbocycles. The Morgan fingerprint density at radius 2 is 1.32 bits per heavy atom. The molecule has 2 fully saturated rings. The molecule has 4 heteroatoms. The molecule has 4 nitrogen and oxygen atoms in total. The number of ether oxygens (including phenoxy) is 1. The van der Waals surface area contributed by atoms with E-state index in [9.17, 15) is 4.79 Å². The lowest BCUT2D eigenvalue weighted by Crippen LogP contribution is -2.50. The van der Waals surface area contributed by atoms with Crippen LogP contribution in [0, 0.1) is 0 Å². The molecule has 31 heavy (non-hydrogen) atoms. The molecular weight excluding hydrogens is 384 g/mol. The van der Waals surface area contributed by atoms with Crippen molar-refractivity contribution in [2.45, 2.75) is 37.6 Å². The first-order valence-electron chi connectivity index (χ1n) is 11.1. The van der Waals surface area contributed by atoms with E-state index in [0.717, 1.165) is 25.1 Å². The largest absolute Gasteiger partial charge is 0.443 e. The van der Waals surface area contributed by atoms with E-state index >= 15 is 0 Å². The summed E-state index contributed by atoms with van der Waals surface area (Å²) in [6.07, 6.45) is 0.607. The highest BCUT2D eigenvalue weighted by atomic mass is 16.6. The van der Waals surface area contributed by atoms with E-state index in [0.29, 0.717) is 0 Å². The molecule has 0 N–H and O–H groups in total. The fourth-order valence-electron chi connectivity index (χ4n) is 5.14. The van der Waals surface area contributed by atoms with Crippen molar-refractivity contribution in [1.82, 2.24) is 9.80 Å². The van der Waals surface area contributed by atoms with Crippen LogP contribution in [-0.2, 0) is 4.74 Å². The van der Waals surface area contributed by atoms with Gasteiger partial charge in [-0.3, -0.25) is 9.80 Å². The highest BCUT2D eigenvalue weighted by Gasteiger charge is 2.48. The highest BCUT2D eigenvalue weighted by Crippen LogP contribution is 2.38. The maximum atomic E-state index is 12.9. The van der Waals surface area contributed by atoms with Crippen molar-refractivity contribution in [2.75, 3.05) is 13.1 Å². The van der Waals surface area contributed by atoms with E-state index in [1.165, 1.54) is 11.1 Å². The van der Waals surface area contributed by atoms with Gasteiger partial charge in [0.05, 0.1) is 18.1 Å². The van der Waals surface area contributed by atoms with E-state index in [1.807, 2.05) is 23.1 Å². The molecule has 0 bridgehead atoms. The molecule has 158 valence electrons. The molecule has 3 aromatic carbocycles. The predicted molar refractivity (Wildman–Crippen MR) is 122 cm³/mol. The fraction of sp³-hybridized carbons (Fsp3) is 0.296. The molecule has 3 atom stereocenters. The Balaban J connectivity index is 1.39. The summed E-state index contributed by atoms with van der Waals surface area (Å²) in [5.41, 5.74) is 3.69. The van der Waals surface area contributed by atoms with Gasteiger partial charge in [-0.05, 0) is 30.0 Å². The van der Waals surface area contributed by atoms with Crippen LogP contribution < -0.4 is 0 Å². The minimum Gasteiger partial charge on any atom is -0.443 e. The second-order valence-electron chi connectivity index (χ2n) is 8.49. The Morgan fingerprint density at radius 1 is 0.806 bits per heavy atom. The van der Waals surface area contributed by atoms with Crippen molar-refractivity contribution in [3.63, 3.8) is 0 Å². The molecule has 0 spiro atoms. The van der Waals surface area contributed by atoms with Gasteiger partial charge in [0.15, 0.2) is 0 Å². The van der Waals surface area contributed by atoms with Gasteiger partial charge >= 0.3 is 6.09 Å². The third-order valence-electron chi connectivity index (χ3n) is 6.67. The summed E-state index contributed by atoms with van der Waals surface area (Å²) in [5.74, 6) is 0. The number of likely N-dealkylation sites (tertiary alicyclic amines) is 1. The van der Waals surface area contributed by atoms with Crippen molar-refractivity contribution in [3.8, 4) is 0 Å². The first-order chi connectivity index (χ1) is 15.2. The van der Waals surface area contributed by atoms with E-state index in [2.05, 4.69) is 84.6 Å². The minimum absolute atomic E-state index is 0.00861. The molecule has 1 unspecified atom stereocenters. The fourth-order valence-corrected chi connectivity index (χ4v) is 5.14. The first kappa shape index (κ1) is 19.8. The number of benzene rings is 3. The molecule has 3 aromatic rings. The lowest BCUT2D eigenvalue weighted by Gasteiger charge is -2.41. The standard InChI is InChI=1S/C27H28N2O2/c1-20(21-11-5-2-6-12-21)29-24-17-18-28(19-25(24)31-27(29)30)26(22-13-7-3-8-14-22)23-15-9-4-10-16-23/h2-16,20,24-26H,17-19H2,1H3/t20?,24-,25-/m0/s1. The second kappa shape index (κ2) is 8.56.